The van der Waals surface area contributed by atoms with Gasteiger partial charge in [-0.25, -0.2) is 4.79 Å². The van der Waals surface area contributed by atoms with Crippen LogP contribution in [0.5, 0.6) is 0 Å². The van der Waals surface area contributed by atoms with Gasteiger partial charge in [0.1, 0.15) is 0 Å². The van der Waals surface area contributed by atoms with Gasteiger partial charge in [0, 0.05) is 6.92 Å². The molecule has 0 aliphatic heterocycles. The van der Waals surface area contributed by atoms with Crippen molar-refractivity contribution in [2.24, 2.45) is 5.73 Å². The van der Waals surface area contributed by atoms with Crippen LogP contribution >= 0.6 is 0 Å². The molecule has 2 amide bonds. The minimum absolute atomic E-state index is 0.539. The van der Waals surface area contributed by atoms with Gasteiger partial charge in [-0.05, 0) is 0 Å². The summed E-state index contributed by atoms with van der Waals surface area (Å²) in [7, 11) is 0. The third kappa shape index (κ3) is 5.13. The molecule has 48 valence electrons. The maximum absolute atomic E-state index is 11.6. The van der Waals surface area contributed by atoms with E-state index in [9.17, 15) is 13.6 Å². The Bertz CT molecular complexity index is 97.9. The Labute approximate surface area is 44.9 Å². The molecule has 0 atom stereocenters. The first-order valence-corrected chi connectivity index (χ1v) is 1.87. The summed E-state index contributed by atoms with van der Waals surface area (Å²) in [5, 5.41) is 1.19. The zero-order valence-electron chi connectivity index (χ0n) is 4.24. The normalized spacial score (nSPS) is 10.9. The molecule has 0 fully saturated rings. The van der Waals surface area contributed by atoms with E-state index < -0.39 is 12.1 Å². The average molecular weight is 124 g/mol. The van der Waals surface area contributed by atoms with Gasteiger partial charge in [0.15, 0.2) is 0 Å². The smallest absolute Gasteiger partial charge is 0.324 e. The number of urea groups is 1. The Morgan fingerprint density at radius 3 is 2.12 bits per heavy atom. The summed E-state index contributed by atoms with van der Waals surface area (Å²) >= 11 is 0. The fourth-order valence-electron chi connectivity index (χ4n) is 0.216. The molecule has 0 saturated heterocycles. The molecule has 0 radical (unpaired) electrons. The molecule has 8 heavy (non-hydrogen) atoms. The van der Waals surface area contributed by atoms with Crippen molar-refractivity contribution in [2.45, 2.75) is 13.0 Å². The van der Waals surface area contributed by atoms with Gasteiger partial charge in [-0.1, -0.05) is 0 Å². The molecule has 3 N–H and O–H groups in total. The van der Waals surface area contributed by atoms with E-state index in [-0.39, 0.29) is 0 Å². The lowest BCUT2D eigenvalue weighted by molar-refractivity contribution is -0.000801. The number of carbonyl (C=O) groups excluding carboxylic acids is 1. The summed E-state index contributed by atoms with van der Waals surface area (Å²) < 4.78 is 23.1. The second-order valence-electron chi connectivity index (χ2n) is 1.38. The van der Waals surface area contributed by atoms with E-state index in [0.717, 1.165) is 0 Å². The van der Waals surface area contributed by atoms with Crippen molar-refractivity contribution >= 4 is 6.03 Å². The molecular formula is C3H6F2N2O. The first kappa shape index (κ1) is 7.13. The number of halogens is 2. The largest absolute Gasteiger partial charge is 0.352 e. The fraction of sp³-hybridized carbons (Fsp3) is 0.667. The molecule has 0 rings (SSSR count). The van der Waals surface area contributed by atoms with Gasteiger partial charge >= 0.3 is 12.1 Å². The Balaban J connectivity index is 3.55. The minimum atomic E-state index is -3.20. The van der Waals surface area contributed by atoms with Crippen LogP contribution in [0, 0.1) is 0 Å². The SMILES string of the molecule is CC(F)(F)NC(N)=O. The highest BCUT2D eigenvalue weighted by Crippen LogP contribution is 2.04. The van der Waals surface area contributed by atoms with Crippen molar-refractivity contribution in [3.8, 4) is 0 Å². The zero-order valence-corrected chi connectivity index (χ0v) is 4.24. The van der Waals surface area contributed by atoms with Crippen LogP contribution in [0.1, 0.15) is 6.92 Å². The van der Waals surface area contributed by atoms with Crippen molar-refractivity contribution in [3.63, 3.8) is 0 Å². The number of nitrogens with two attached hydrogens (primary N) is 1. The van der Waals surface area contributed by atoms with E-state index in [0.29, 0.717) is 6.92 Å². The molecule has 0 aliphatic rings. The first-order valence-electron chi connectivity index (χ1n) is 1.87. The number of nitrogens with one attached hydrogen (secondary N) is 1. The maximum Gasteiger partial charge on any atom is 0.324 e. The predicted octanol–water partition coefficient (Wildman–Crippen LogP) is 0.267. The van der Waals surface area contributed by atoms with Gasteiger partial charge in [-0.15, -0.1) is 0 Å². The second kappa shape index (κ2) is 1.94. The Hall–Kier alpha value is -0.870. The van der Waals surface area contributed by atoms with Crippen LogP contribution in [0.2, 0.25) is 0 Å². The fourth-order valence-corrected chi connectivity index (χ4v) is 0.216. The summed E-state index contributed by atoms with van der Waals surface area (Å²) in [5.74, 6) is 0. The van der Waals surface area contributed by atoms with Crippen molar-refractivity contribution in [1.29, 1.82) is 0 Å². The summed E-state index contributed by atoms with van der Waals surface area (Å²) in [5.41, 5.74) is 4.35. The number of rotatable bonds is 1. The van der Waals surface area contributed by atoms with E-state index in [4.69, 9.17) is 0 Å². The summed E-state index contributed by atoms with van der Waals surface area (Å²) in [6.45, 7) is 0.539. The summed E-state index contributed by atoms with van der Waals surface area (Å²) in [4.78, 5) is 9.65. The standard InChI is InChI=1S/C3H6F2N2O/c1-3(4,5)7-2(6)8/h1H3,(H3,6,7,8). The van der Waals surface area contributed by atoms with E-state index in [1.54, 1.807) is 0 Å². The Morgan fingerprint density at radius 2 is 2.12 bits per heavy atom. The zero-order chi connectivity index (χ0) is 6.78. The Morgan fingerprint density at radius 1 is 1.75 bits per heavy atom. The van der Waals surface area contributed by atoms with Crippen LogP contribution < -0.4 is 11.1 Å². The number of amides is 2. The lowest BCUT2D eigenvalue weighted by Crippen LogP contribution is -2.41. The minimum Gasteiger partial charge on any atom is -0.352 e. The highest BCUT2D eigenvalue weighted by molar-refractivity contribution is 5.71. The van der Waals surface area contributed by atoms with Gasteiger partial charge in [-0.3, -0.25) is 5.32 Å². The molecule has 0 bridgehead atoms. The van der Waals surface area contributed by atoms with E-state index in [2.05, 4.69) is 5.73 Å². The molecular weight excluding hydrogens is 118 g/mol. The summed E-state index contributed by atoms with van der Waals surface area (Å²) in [6.07, 6.45) is 0. The van der Waals surface area contributed by atoms with Gasteiger partial charge in [0.2, 0.25) is 0 Å². The van der Waals surface area contributed by atoms with E-state index in [1.165, 1.54) is 5.32 Å². The van der Waals surface area contributed by atoms with Crippen LogP contribution in [0.25, 0.3) is 0 Å². The van der Waals surface area contributed by atoms with Crippen LogP contribution in [0.15, 0.2) is 0 Å². The van der Waals surface area contributed by atoms with E-state index >= 15 is 0 Å². The van der Waals surface area contributed by atoms with Crippen LogP contribution in [-0.2, 0) is 0 Å². The molecule has 0 unspecified atom stereocenters. The van der Waals surface area contributed by atoms with Crippen LogP contribution in [-0.4, -0.2) is 12.1 Å². The van der Waals surface area contributed by atoms with Gasteiger partial charge in [0.25, 0.3) is 0 Å². The van der Waals surface area contributed by atoms with Crippen LogP contribution in [0.4, 0.5) is 13.6 Å². The van der Waals surface area contributed by atoms with Gasteiger partial charge < -0.3 is 5.73 Å². The molecule has 0 aliphatic carbocycles. The molecule has 0 aromatic heterocycles. The lowest BCUT2D eigenvalue weighted by atomic mass is 10.6. The van der Waals surface area contributed by atoms with Gasteiger partial charge in [0.05, 0.1) is 0 Å². The molecule has 3 nitrogen and oxygen atoms in total. The maximum atomic E-state index is 11.6. The van der Waals surface area contributed by atoms with Crippen molar-refractivity contribution in [2.75, 3.05) is 0 Å². The molecule has 0 aromatic carbocycles. The molecule has 5 heteroatoms. The molecule has 0 spiro atoms. The first-order chi connectivity index (χ1) is 3.42. The highest BCUT2D eigenvalue weighted by atomic mass is 19.3. The highest BCUT2D eigenvalue weighted by Gasteiger charge is 2.21. The molecule has 0 aromatic rings. The lowest BCUT2D eigenvalue weighted by Gasteiger charge is -2.08. The topological polar surface area (TPSA) is 55.1 Å². The number of primary amides is 1. The molecule has 0 heterocycles. The average Bonchev–Trinajstić information content (AvgIpc) is 1.21. The second-order valence-corrected chi connectivity index (χ2v) is 1.38. The van der Waals surface area contributed by atoms with Gasteiger partial charge in [-0.2, -0.15) is 8.78 Å². The van der Waals surface area contributed by atoms with Crippen molar-refractivity contribution < 1.29 is 13.6 Å². The number of hydrogen-bond donors (Lipinski definition) is 2. The predicted molar refractivity (Wildman–Crippen MR) is 23.3 cm³/mol. The molecule has 0 saturated carbocycles. The van der Waals surface area contributed by atoms with Crippen molar-refractivity contribution in [1.82, 2.24) is 5.32 Å². The summed E-state index contributed by atoms with van der Waals surface area (Å²) in [6, 6.07) is -4.43. The van der Waals surface area contributed by atoms with Crippen molar-refractivity contribution in [3.05, 3.63) is 0 Å². The quantitative estimate of drug-likeness (QED) is 0.484. The number of alkyl halides is 2. The van der Waals surface area contributed by atoms with E-state index in [1.807, 2.05) is 0 Å². The third-order valence-electron chi connectivity index (χ3n) is 0.343. The monoisotopic (exact) mass is 124 g/mol. The van der Waals surface area contributed by atoms with Crippen LogP contribution in [0.3, 0.4) is 0 Å². The Kier molecular flexibility index (Phi) is 1.72. The number of carbonyl (C=O) groups is 1. The third-order valence-corrected chi connectivity index (χ3v) is 0.343. The number of hydrogen-bond acceptors (Lipinski definition) is 1.